The molecule has 0 spiro atoms. The molecule has 3 atom stereocenters. The van der Waals surface area contributed by atoms with E-state index in [1.165, 1.54) is 0 Å². The first kappa shape index (κ1) is 14.0. The SMILES string of the molecule is CCC1CC(CC(=O)NC(C)C(N)=O)CCO1. The van der Waals surface area contributed by atoms with Gasteiger partial charge in [0.1, 0.15) is 6.04 Å². The lowest BCUT2D eigenvalue weighted by atomic mass is 9.91. The third kappa shape index (κ3) is 4.73. The van der Waals surface area contributed by atoms with E-state index in [0.717, 1.165) is 25.9 Å². The first-order chi connectivity index (χ1) is 8.02. The van der Waals surface area contributed by atoms with Crippen LogP contribution < -0.4 is 11.1 Å². The molecule has 3 unspecified atom stereocenters. The summed E-state index contributed by atoms with van der Waals surface area (Å²) in [4.78, 5) is 22.5. The normalized spacial score (nSPS) is 26.2. The zero-order valence-corrected chi connectivity index (χ0v) is 10.6. The summed E-state index contributed by atoms with van der Waals surface area (Å²) >= 11 is 0. The Bertz CT molecular complexity index is 281. The maximum Gasteiger partial charge on any atom is 0.239 e. The van der Waals surface area contributed by atoms with Crippen LogP contribution in [-0.4, -0.2) is 30.6 Å². The van der Waals surface area contributed by atoms with Gasteiger partial charge in [-0.25, -0.2) is 0 Å². The van der Waals surface area contributed by atoms with Gasteiger partial charge in [-0.15, -0.1) is 0 Å². The second-order valence-electron chi connectivity index (χ2n) is 4.69. The van der Waals surface area contributed by atoms with Crippen LogP contribution in [0, 0.1) is 5.92 Å². The van der Waals surface area contributed by atoms with Gasteiger partial charge in [0.2, 0.25) is 11.8 Å². The molecule has 0 aromatic rings. The van der Waals surface area contributed by atoms with E-state index >= 15 is 0 Å². The minimum absolute atomic E-state index is 0.0990. The summed E-state index contributed by atoms with van der Waals surface area (Å²) < 4.78 is 5.55. The van der Waals surface area contributed by atoms with Crippen LogP contribution in [0.5, 0.6) is 0 Å². The maximum absolute atomic E-state index is 11.7. The highest BCUT2D eigenvalue weighted by Gasteiger charge is 2.24. The van der Waals surface area contributed by atoms with Crippen LogP contribution in [0.25, 0.3) is 0 Å². The first-order valence-electron chi connectivity index (χ1n) is 6.23. The molecule has 2 amide bonds. The lowest BCUT2D eigenvalue weighted by Crippen LogP contribution is -2.43. The number of amides is 2. The average Bonchev–Trinajstić information content (AvgIpc) is 2.28. The highest BCUT2D eigenvalue weighted by Crippen LogP contribution is 2.24. The summed E-state index contributed by atoms with van der Waals surface area (Å²) in [5.74, 6) is -0.247. The van der Waals surface area contributed by atoms with Crippen molar-refractivity contribution in [3.8, 4) is 0 Å². The Hall–Kier alpha value is -1.10. The largest absolute Gasteiger partial charge is 0.378 e. The van der Waals surface area contributed by atoms with E-state index in [1.54, 1.807) is 6.92 Å². The molecule has 5 nitrogen and oxygen atoms in total. The fourth-order valence-corrected chi connectivity index (χ4v) is 2.06. The second-order valence-corrected chi connectivity index (χ2v) is 4.69. The van der Waals surface area contributed by atoms with Crippen LogP contribution in [0.2, 0.25) is 0 Å². The molecule has 3 N–H and O–H groups in total. The van der Waals surface area contributed by atoms with Crippen molar-refractivity contribution in [1.29, 1.82) is 0 Å². The first-order valence-corrected chi connectivity index (χ1v) is 6.23. The van der Waals surface area contributed by atoms with Gasteiger partial charge in [-0.3, -0.25) is 9.59 Å². The molecule has 0 aromatic heterocycles. The Balaban J connectivity index is 2.33. The number of primary amides is 1. The zero-order valence-electron chi connectivity index (χ0n) is 10.6. The molecule has 17 heavy (non-hydrogen) atoms. The Morgan fingerprint density at radius 1 is 1.53 bits per heavy atom. The molecular weight excluding hydrogens is 220 g/mol. The number of hydrogen-bond donors (Lipinski definition) is 2. The van der Waals surface area contributed by atoms with Gasteiger partial charge in [0, 0.05) is 13.0 Å². The van der Waals surface area contributed by atoms with E-state index < -0.39 is 11.9 Å². The van der Waals surface area contributed by atoms with Crippen molar-refractivity contribution < 1.29 is 14.3 Å². The predicted octanol–water partition coefficient (Wildman–Crippen LogP) is 0.572. The lowest BCUT2D eigenvalue weighted by Gasteiger charge is -2.28. The van der Waals surface area contributed by atoms with Crippen LogP contribution in [0.1, 0.15) is 39.5 Å². The molecule has 1 saturated heterocycles. The molecule has 0 saturated carbocycles. The number of carbonyl (C=O) groups excluding carboxylic acids is 2. The molecule has 98 valence electrons. The van der Waals surface area contributed by atoms with Gasteiger partial charge < -0.3 is 15.8 Å². The Morgan fingerprint density at radius 3 is 2.82 bits per heavy atom. The van der Waals surface area contributed by atoms with E-state index in [-0.39, 0.29) is 12.0 Å². The standard InChI is InChI=1S/C12H22N2O3/c1-3-10-6-9(4-5-17-10)7-11(15)14-8(2)12(13)16/h8-10H,3-7H2,1-2H3,(H2,13,16)(H,14,15). The summed E-state index contributed by atoms with van der Waals surface area (Å²) in [7, 11) is 0. The number of nitrogens with two attached hydrogens (primary N) is 1. The van der Waals surface area contributed by atoms with Gasteiger partial charge in [0.25, 0.3) is 0 Å². The second kappa shape index (κ2) is 6.59. The highest BCUT2D eigenvalue weighted by molar-refractivity contribution is 5.86. The number of rotatable bonds is 5. The van der Waals surface area contributed by atoms with Gasteiger partial charge in [-0.2, -0.15) is 0 Å². The van der Waals surface area contributed by atoms with E-state index in [4.69, 9.17) is 10.5 Å². The Kier molecular flexibility index (Phi) is 5.41. The molecule has 5 heteroatoms. The van der Waals surface area contributed by atoms with Crippen LogP contribution in [0.4, 0.5) is 0 Å². The molecule has 0 aliphatic carbocycles. The molecule has 1 rings (SSSR count). The summed E-state index contributed by atoms with van der Waals surface area (Å²) in [6, 6.07) is -0.593. The van der Waals surface area contributed by atoms with Gasteiger partial charge in [-0.05, 0) is 32.1 Å². The smallest absolute Gasteiger partial charge is 0.239 e. The van der Waals surface area contributed by atoms with Crippen molar-refractivity contribution in [2.45, 2.75) is 51.7 Å². The topological polar surface area (TPSA) is 81.4 Å². The minimum Gasteiger partial charge on any atom is -0.378 e. The van der Waals surface area contributed by atoms with Gasteiger partial charge >= 0.3 is 0 Å². The number of ether oxygens (including phenoxy) is 1. The molecule has 0 bridgehead atoms. The van der Waals surface area contributed by atoms with Crippen molar-refractivity contribution >= 4 is 11.8 Å². The van der Waals surface area contributed by atoms with Crippen molar-refractivity contribution in [3.05, 3.63) is 0 Å². The maximum atomic E-state index is 11.7. The number of hydrogen-bond acceptors (Lipinski definition) is 3. The van der Waals surface area contributed by atoms with E-state index in [2.05, 4.69) is 12.2 Å². The highest BCUT2D eigenvalue weighted by atomic mass is 16.5. The minimum atomic E-state index is -0.593. The molecule has 0 radical (unpaired) electrons. The summed E-state index contributed by atoms with van der Waals surface area (Å²) in [5.41, 5.74) is 5.09. The lowest BCUT2D eigenvalue weighted by molar-refractivity contribution is -0.128. The third-order valence-electron chi connectivity index (χ3n) is 3.21. The van der Waals surface area contributed by atoms with Crippen molar-refractivity contribution in [3.63, 3.8) is 0 Å². The predicted molar refractivity (Wildman–Crippen MR) is 64.2 cm³/mol. The van der Waals surface area contributed by atoms with Crippen molar-refractivity contribution in [2.24, 2.45) is 11.7 Å². The monoisotopic (exact) mass is 242 g/mol. The summed E-state index contributed by atoms with van der Waals surface area (Å²) in [6.45, 7) is 4.41. The fraction of sp³-hybridized carbons (Fsp3) is 0.833. The number of nitrogens with one attached hydrogen (secondary N) is 1. The molecule has 0 aromatic carbocycles. The molecule has 1 aliphatic heterocycles. The number of carbonyl (C=O) groups is 2. The fourth-order valence-electron chi connectivity index (χ4n) is 2.06. The van der Waals surface area contributed by atoms with Crippen LogP contribution in [0.3, 0.4) is 0 Å². The van der Waals surface area contributed by atoms with Crippen molar-refractivity contribution in [2.75, 3.05) is 6.61 Å². The van der Waals surface area contributed by atoms with Gasteiger partial charge in [-0.1, -0.05) is 6.92 Å². The Morgan fingerprint density at radius 2 is 2.24 bits per heavy atom. The molecular formula is C12H22N2O3. The third-order valence-corrected chi connectivity index (χ3v) is 3.21. The molecule has 1 heterocycles. The van der Waals surface area contributed by atoms with Crippen LogP contribution in [0.15, 0.2) is 0 Å². The summed E-state index contributed by atoms with van der Waals surface area (Å²) in [6.07, 6.45) is 3.55. The molecule has 1 aliphatic rings. The van der Waals surface area contributed by atoms with E-state index in [9.17, 15) is 9.59 Å². The van der Waals surface area contributed by atoms with Gasteiger partial charge in [0.15, 0.2) is 0 Å². The summed E-state index contributed by atoms with van der Waals surface area (Å²) in [5, 5.41) is 2.61. The van der Waals surface area contributed by atoms with Crippen LogP contribution >= 0.6 is 0 Å². The van der Waals surface area contributed by atoms with Crippen LogP contribution in [-0.2, 0) is 14.3 Å². The van der Waals surface area contributed by atoms with E-state index in [0.29, 0.717) is 12.3 Å². The quantitative estimate of drug-likeness (QED) is 0.739. The molecule has 1 fully saturated rings. The zero-order chi connectivity index (χ0) is 12.8. The van der Waals surface area contributed by atoms with Gasteiger partial charge in [0.05, 0.1) is 6.10 Å². The Labute approximate surface area is 102 Å². The van der Waals surface area contributed by atoms with E-state index in [1.807, 2.05) is 0 Å². The van der Waals surface area contributed by atoms with Crippen molar-refractivity contribution in [1.82, 2.24) is 5.32 Å². The average molecular weight is 242 g/mol.